The van der Waals surface area contributed by atoms with Crippen molar-refractivity contribution < 1.29 is 14.4 Å². The first-order valence-corrected chi connectivity index (χ1v) is 10.3. The highest BCUT2D eigenvalue weighted by Gasteiger charge is 2.45. The third kappa shape index (κ3) is 4.50. The number of hydrogen-bond donors (Lipinski definition) is 0. The van der Waals surface area contributed by atoms with Crippen LogP contribution in [0.4, 0.5) is 0 Å². The van der Waals surface area contributed by atoms with Crippen LogP contribution in [0.5, 0.6) is 0 Å². The Bertz CT molecular complexity index is 932. The predicted molar refractivity (Wildman–Crippen MR) is 113 cm³/mol. The SMILES string of the molecule is CN(Cc1ccccn1)C(=O)C1=NO[C@@]2(CCCN(C(=O)Cc3ccccc3)C2)C1. The van der Waals surface area contributed by atoms with Crippen LogP contribution < -0.4 is 0 Å². The highest BCUT2D eigenvalue weighted by molar-refractivity contribution is 6.39. The van der Waals surface area contributed by atoms with Crippen molar-refractivity contribution >= 4 is 17.5 Å². The van der Waals surface area contributed by atoms with Gasteiger partial charge >= 0.3 is 0 Å². The van der Waals surface area contributed by atoms with Gasteiger partial charge in [-0.15, -0.1) is 0 Å². The molecule has 1 atom stereocenters. The van der Waals surface area contributed by atoms with E-state index in [-0.39, 0.29) is 11.8 Å². The molecule has 0 radical (unpaired) electrons. The normalized spacial score (nSPS) is 20.6. The third-order valence-electron chi connectivity index (χ3n) is 5.65. The van der Waals surface area contributed by atoms with E-state index >= 15 is 0 Å². The van der Waals surface area contributed by atoms with Gasteiger partial charge in [-0.25, -0.2) is 0 Å². The van der Waals surface area contributed by atoms with Gasteiger partial charge in [-0.2, -0.15) is 0 Å². The Morgan fingerprint density at radius 1 is 1.17 bits per heavy atom. The summed E-state index contributed by atoms with van der Waals surface area (Å²) in [6.45, 7) is 1.58. The van der Waals surface area contributed by atoms with Crippen molar-refractivity contribution in [2.75, 3.05) is 20.1 Å². The summed E-state index contributed by atoms with van der Waals surface area (Å²) in [6, 6.07) is 15.4. The molecule has 4 rings (SSSR count). The fourth-order valence-electron chi connectivity index (χ4n) is 4.08. The lowest BCUT2D eigenvalue weighted by molar-refractivity contribution is -0.139. The minimum atomic E-state index is -0.596. The van der Waals surface area contributed by atoms with Gasteiger partial charge in [-0.3, -0.25) is 14.6 Å². The van der Waals surface area contributed by atoms with Crippen LogP contribution in [0.15, 0.2) is 59.9 Å². The topological polar surface area (TPSA) is 75.1 Å². The molecule has 0 bridgehead atoms. The smallest absolute Gasteiger partial charge is 0.271 e. The van der Waals surface area contributed by atoms with Gasteiger partial charge in [0.05, 0.1) is 25.2 Å². The molecule has 0 aliphatic carbocycles. The molecule has 2 amide bonds. The molecule has 3 heterocycles. The maximum absolute atomic E-state index is 12.8. The Hall–Kier alpha value is -3.22. The van der Waals surface area contributed by atoms with E-state index in [0.29, 0.717) is 38.2 Å². The van der Waals surface area contributed by atoms with Gasteiger partial charge in [-0.05, 0) is 30.5 Å². The van der Waals surface area contributed by atoms with Crippen molar-refractivity contribution in [2.45, 2.75) is 37.8 Å². The average molecular weight is 406 g/mol. The average Bonchev–Trinajstić information content (AvgIpc) is 3.17. The third-order valence-corrected chi connectivity index (χ3v) is 5.65. The Morgan fingerprint density at radius 3 is 2.73 bits per heavy atom. The molecule has 1 fully saturated rings. The van der Waals surface area contributed by atoms with Crippen molar-refractivity contribution in [3.63, 3.8) is 0 Å². The van der Waals surface area contributed by atoms with Crippen molar-refractivity contribution in [2.24, 2.45) is 5.16 Å². The zero-order valence-electron chi connectivity index (χ0n) is 17.2. The van der Waals surface area contributed by atoms with Gasteiger partial charge in [0.15, 0.2) is 5.60 Å². The first-order valence-electron chi connectivity index (χ1n) is 10.3. The first-order chi connectivity index (χ1) is 14.5. The number of oxime groups is 1. The lowest BCUT2D eigenvalue weighted by atomic mass is 9.87. The van der Waals surface area contributed by atoms with Gasteiger partial charge in [0.1, 0.15) is 5.71 Å². The monoisotopic (exact) mass is 406 g/mol. The molecule has 7 heteroatoms. The summed E-state index contributed by atoms with van der Waals surface area (Å²) in [5.41, 5.74) is 1.63. The highest BCUT2D eigenvalue weighted by Crippen LogP contribution is 2.34. The number of likely N-dealkylation sites (tertiary alicyclic amines) is 1. The lowest BCUT2D eigenvalue weighted by Crippen LogP contribution is -2.51. The van der Waals surface area contributed by atoms with E-state index in [9.17, 15) is 9.59 Å². The number of aromatic nitrogens is 1. The van der Waals surface area contributed by atoms with E-state index in [0.717, 1.165) is 24.1 Å². The minimum Gasteiger partial charge on any atom is -0.386 e. The Kier molecular flexibility index (Phi) is 5.79. The number of piperidine rings is 1. The zero-order valence-corrected chi connectivity index (χ0v) is 17.2. The highest BCUT2D eigenvalue weighted by atomic mass is 16.7. The Labute approximate surface area is 176 Å². The number of amides is 2. The molecule has 1 spiro atoms. The van der Waals surface area contributed by atoms with Gasteiger partial charge < -0.3 is 14.6 Å². The fourth-order valence-corrected chi connectivity index (χ4v) is 4.08. The molecule has 30 heavy (non-hydrogen) atoms. The molecule has 7 nitrogen and oxygen atoms in total. The zero-order chi connectivity index (χ0) is 21.0. The second kappa shape index (κ2) is 8.65. The maximum atomic E-state index is 12.8. The summed E-state index contributed by atoms with van der Waals surface area (Å²) < 4.78 is 0. The minimum absolute atomic E-state index is 0.0796. The molecular weight excluding hydrogens is 380 g/mol. The van der Waals surface area contributed by atoms with Crippen LogP contribution in [-0.2, 0) is 27.4 Å². The summed E-state index contributed by atoms with van der Waals surface area (Å²) in [4.78, 5) is 39.1. The second-order valence-electron chi connectivity index (χ2n) is 8.05. The van der Waals surface area contributed by atoms with Crippen LogP contribution in [0.3, 0.4) is 0 Å². The molecule has 2 aliphatic rings. The lowest BCUT2D eigenvalue weighted by Gasteiger charge is -2.38. The molecule has 0 saturated carbocycles. The number of carbonyl (C=O) groups excluding carboxylic acids is 2. The van der Waals surface area contributed by atoms with Crippen LogP contribution in [0, 0.1) is 0 Å². The van der Waals surface area contributed by atoms with Crippen LogP contribution >= 0.6 is 0 Å². The van der Waals surface area contributed by atoms with Crippen molar-refractivity contribution in [1.82, 2.24) is 14.8 Å². The number of nitrogens with zero attached hydrogens (tertiary/aromatic N) is 4. The number of rotatable bonds is 5. The predicted octanol–water partition coefficient (Wildman–Crippen LogP) is 2.42. The van der Waals surface area contributed by atoms with E-state index in [4.69, 9.17) is 4.84 Å². The molecule has 1 saturated heterocycles. The van der Waals surface area contributed by atoms with Crippen molar-refractivity contribution in [1.29, 1.82) is 0 Å². The standard InChI is InChI=1S/C23H26N4O3/c1-26(16-19-10-5-6-12-24-19)22(29)20-15-23(30-25-20)11-7-13-27(17-23)21(28)14-18-8-3-2-4-9-18/h2-6,8-10,12H,7,11,13-17H2,1H3/t23-/m0/s1. The van der Waals surface area contributed by atoms with Gasteiger partial charge in [0.25, 0.3) is 5.91 Å². The van der Waals surface area contributed by atoms with Gasteiger partial charge in [0, 0.05) is 26.2 Å². The molecule has 2 aliphatic heterocycles. The van der Waals surface area contributed by atoms with Gasteiger partial charge in [0.2, 0.25) is 5.91 Å². The molecule has 1 aromatic heterocycles. The van der Waals surface area contributed by atoms with E-state index < -0.39 is 5.60 Å². The summed E-state index contributed by atoms with van der Waals surface area (Å²) >= 11 is 0. The summed E-state index contributed by atoms with van der Waals surface area (Å²) in [5.74, 6) is -0.0822. The largest absolute Gasteiger partial charge is 0.386 e. The number of carbonyl (C=O) groups is 2. The molecule has 2 aromatic rings. The van der Waals surface area contributed by atoms with Crippen molar-refractivity contribution in [3.05, 3.63) is 66.0 Å². The van der Waals surface area contributed by atoms with Crippen molar-refractivity contribution in [3.8, 4) is 0 Å². The molecule has 0 unspecified atom stereocenters. The van der Waals surface area contributed by atoms with Gasteiger partial charge in [-0.1, -0.05) is 41.6 Å². The number of hydrogen-bond acceptors (Lipinski definition) is 5. The number of benzene rings is 1. The van der Waals surface area contributed by atoms with E-state index in [1.54, 1.807) is 18.1 Å². The summed E-state index contributed by atoms with van der Waals surface area (Å²) in [5, 5.41) is 4.12. The van der Waals surface area contributed by atoms with E-state index in [2.05, 4.69) is 10.1 Å². The van der Waals surface area contributed by atoms with Crippen LogP contribution in [0.1, 0.15) is 30.5 Å². The molecular formula is C23H26N4O3. The van der Waals surface area contributed by atoms with Crippen LogP contribution in [-0.4, -0.2) is 58.0 Å². The summed E-state index contributed by atoms with van der Waals surface area (Å²) in [7, 11) is 1.74. The fraction of sp³-hybridized carbons (Fsp3) is 0.391. The van der Waals surface area contributed by atoms with Crippen LogP contribution in [0.25, 0.3) is 0 Å². The van der Waals surface area contributed by atoms with E-state index in [1.807, 2.05) is 53.4 Å². The second-order valence-corrected chi connectivity index (χ2v) is 8.05. The molecule has 0 N–H and O–H groups in total. The maximum Gasteiger partial charge on any atom is 0.271 e. The Balaban J connectivity index is 1.35. The first kappa shape index (κ1) is 20.1. The number of pyridine rings is 1. The summed E-state index contributed by atoms with van der Waals surface area (Å²) in [6.07, 6.45) is 4.12. The molecule has 1 aromatic carbocycles. The van der Waals surface area contributed by atoms with E-state index in [1.165, 1.54) is 0 Å². The Morgan fingerprint density at radius 2 is 1.97 bits per heavy atom. The quantitative estimate of drug-likeness (QED) is 0.764. The van der Waals surface area contributed by atoms with Crippen LogP contribution in [0.2, 0.25) is 0 Å². The molecule has 156 valence electrons.